The van der Waals surface area contributed by atoms with Crippen LogP contribution >= 0.6 is 0 Å². The fourth-order valence-corrected chi connectivity index (χ4v) is 3.27. The summed E-state index contributed by atoms with van der Waals surface area (Å²) >= 11 is 0. The minimum absolute atomic E-state index is 0.115. The number of hydrogen-bond donors (Lipinski definition) is 4. The number of nitrogens with zero attached hydrogens (tertiary/aromatic N) is 1. The summed E-state index contributed by atoms with van der Waals surface area (Å²) in [5.74, 6) is -0.115. The molecule has 1 aliphatic rings. The van der Waals surface area contributed by atoms with E-state index < -0.39 is 6.10 Å². The predicted octanol–water partition coefficient (Wildman–Crippen LogP) is 0.934. The summed E-state index contributed by atoms with van der Waals surface area (Å²) in [5.41, 5.74) is 9.68. The van der Waals surface area contributed by atoms with E-state index in [1.807, 2.05) is 36.4 Å². The van der Waals surface area contributed by atoms with Crippen molar-refractivity contribution in [3.63, 3.8) is 0 Å². The fourth-order valence-electron chi connectivity index (χ4n) is 3.27. The van der Waals surface area contributed by atoms with Gasteiger partial charge in [0.05, 0.1) is 23.8 Å². The molecule has 0 saturated carbocycles. The highest BCUT2D eigenvalue weighted by Gasteiger charge is 2.29. The van der Waals surface area contributed by atoms with Crippen molar-refractivity contribution in [3.05, 3.63) is 59.7 Å². The molecule has 1 saturated heterocycles. The van der Waals surface area contributed by atoms with Crippen molar-refractivity contribution in [1.82, 2.24) is 10.6 Å². The van der Waals surface area contributed by atoms with E-state index in [-0.39, 0.29) is 18.0 Å². The number of hydrogen-bond acceptors (Lipinski definition) is 5. The molecule has 2 aromatic carbocycles. The molecule has 0 bridgehead atoms. The number of amides is 1. The van der Waals surface area contributed by atoms with Crippen LogP contribution in [0.2, 0.25) is 0 Å². The molecule has 1 heterocycles. The molecule has 6 heteroatoms. The Labute approximate surface area is 159 Å². The first-order valence-electron chi connectivity index (χ1n) is 9.10. The molecule has 1 amide bonds. The molecule has 0 radical (unpaired) electrons. The van der Waals surface area contributed by atoms with Gasteiger partial charge in [0, 0.05) is 19.1 Å². The molecule has 6 nitrogen and oxygen atoms in total. The Morgan fingerprint density at radius 3 is 2.37 bits per heavy atom. The maximum atomic E-state index is 12.3. The third kappa shape index (κ3) is 4.92. The van der Waals surface area contributed by atoms with Crippen LogP contribution in [0.5, 0.6) is 0 Å². The summed E-state index contributed by atoms with van der Waals surface area (Å²) in [5, 5.41) is 24.4. The van der Waals surface area contributed by atoms with Gasteiger partial charge in [0.2, 0.25) is 5.91 Å². The van der Waals surface area contributed by atoms with Gasteiger partial charge in [0.25, 0.3) is 0 Å². The van der Waals surface area contributed by atoms with Crippen molar-refractivity contribution in [1.29, 1.82) is 5.26 Å². The highest BCUT2D eigenvalue weighted by atomic mass is 16.3. The van der Waals surface area contributed by atoms with Gasteiger partial charge in [0.1, 0.15) is 0 Å². The Kier molecular flexibility index (Phi) is 6.20. The molecule has 140 valence electrons. The van der Waals surface area contributed by atoms with Gasteiger partial charge in [-0.05, 0) is 41.7 Å². The van der Waals surface area contributed by atoms with Crippen LogP contribution in [0.3, 0.4) is 0 Å². The number of carbonyl (C=O) groups excluding carboxylic acids is 1. The molecule has 0 aliphatic carbocycles. The van der Waals surface area contributed by atoms with Crippen molar-refractivity contribution in [2.24, 2.45) is 5.73 Å². The van der Waals surface area contributed by atoms with Crippen LogP contribution < -0.4 is 16.4 Å². The molecular formula is C21H24N4O2. The van der Waals surface area contributed by atoms with Crippen molar-refractivity contribution in [2.75, 3.05) is 13.1 Å². The molecule has 0 unspecified atom stereocenters. The van der Waals surface area contributed by atoms with Crippen molar-refractivity contribution >= 4 is 5.91 Å². The van der Waals surface area contributed by atoms with Crippen LogP contribution in [0, 0.1) is 11.3 Å². The highest BCUT2D eigenvalue weighted by molar-refractivity contribution is 5.82. The Hall–Kier alpha value is -2.72. The van der Waals surface area contributed by atoms with E-state index in [2.05, 4.69) is 16.7 Å². The summed E-state index contributed by atoms with van der Waals surface area (Å²) < 4.78 is 0. The topological polar surface area (TPSA) is 111 Å². The molecule has 3 rings (SSSR count). The summed E-state index contributed by atoms with van der Waals surface area (Å²) in [7, 11) is 0. The second kappa shape index (κ2) is 8.78. The maximum absolute atomic E-state index is 12.3. The monoisotopic (exact) mass is 364 g/mol. The third-order valence-electron chi connectivity index (χ3n) is 4.84. The second-order valence-corrected chi connectivity index (χ2v) is 6.88. The lowest BCUT2D eigenvalue weighted by atomic mass is 10.00. The van der Waals surface area contributed by atoms with Crippen molar-refractivity contribution < 1.29 is 9.90 Å². The summed E-state index contributed by atoms with van der Waals surface area (Å²) in [6.07, 6.45) is 0.611. The summed E-state index contributed by atoms with van der Waals surface area (Å²) in [4.78, 5) is 12.3. The number of aliphatic hydroxyl groups is 1. The lowest BCUT2D eigenvalue weighted by Crippen LogP contribution is -2.48. The molecule has 27 heavy (non-hydrogen) atoms. The second-order valence-electron chi connectivity index (χ2n) is 6.88. The number of benzene rings is 2. The normalized spacial score (nSPS) is 20.0. The van der Waals surface area contributed by atoms with Crippen LogP contribution in [0.15, 0.2) is 48.5 Å². The zero-order valence-electron chi connectivity index (χ0n) is 15.1. The lowest BCUT2D eigenvalue weighted by molar-refractivity contribution is -0.123. The molecule has 2 aromatic rings. The number of rotatable bonds is 6. The van der Waals surface area contributed by atoms with Gasteiger partial charge < -0.3 is 21.5 Å². The van der Waals surface area contributed by atoms with Crippen LogP contribution in [0.25, 0.3) is 11.1 Å². The molecule has 0 aromatic heterocycles. The first kappa shape index (κ1) is 19.1. The Morgan fingerprint density at radius 2 is 1.85 bits per heavy atom. The van der Waals surface area contributed by atoms with Crippen LogP contribution in [0.4, 0.5) is 0 Å². The third-order valence-corrected chi connectivity index (χ3v) is 4.84. The number of nitriles is 1. The largest absolute Gasteiger partial charge is 0.392 e. The average molecular weight is 364 g/mol. The van der Waals surface area contributed by atoms with E-state index in [9.17, 15) is 9.90 Å². The first-order valence-corrected chi connectivity index (χ1v) is 9.10. The van der Waals surface area contributed by atoms with Crippen molar-refractivity contribution in [2.45, 2.75) is 31.0 Å². The van der Waals surface area contributed by atoms with E-state index >= 15 is 0 Å². The van der Waals surface area contributed by atoms with Gasteiger partial charge in [-0.15, -0.1) is 0 Å². The minimum Gasteiger partial charge on any atom is -0.392 e. The molecular weight excluding hydrogens is 340 g/mol. The Balaban J connectivity index is 1.60. The average Bonchev–Trinajstić information content (AvgIpc) is 3.14. The van der Waals surface area contributed by atoms with E-state index in [0.717, 1.165) is 16.7 Å². The van der Waals surface area contributed by atoms with Crippen molar-refractivity contribution in [3.8, 4) is 17.2 Å². The van der Waals surface area contributed by atoms with Gasteiger partial charge in [-0.2, -0.15) is 5.26 Å². The van der Waals surface area contributed by atoms with E-state index in [4.69, 9.17) is 11.0 Å². The summed E-state index contributed by atoms with van der Waals surface area (Å²) in [6.45, 7) is 0.792. The SMILES string of the molecule is N#Cc1ccc(-c2ccc(C[C@@H](CN)NC(=O)[C@@H]3C[C@H](O)CN3)cc2)cc1. The van der Waals surface area contributed by atoms with E-state index in [1.54, 1.807) is 12.1 Å². The Bertz CT molecular complexity index is 812. The van der Waals surface area contributed by atoms with Crippen LogP contribution in [-0.2, 0) is 11.2 Å². The Morgan fingerprint density at radius 1 is 1.22 bits per heavy atom. The maximum Gasteiger partial charge on any atom is 0.237 e. The molecule has 0 spiro atoms. The smallest absolute Gasteiger partial charge is 0.237 e. The number of aliphatic hydroxyl groups excluding tert-OH is 1. The first-order chi connectivity index (χ1) is 13.1. The number of nitrogens with one attached hydrogen (secondary N) is 2. The quantitative estimate of drug-likeness (QED) is 0.609. The zero-order valence-corrected chi connectivity index (χ0v) is 15.1. The van der Waals surface area contributed by atoms with Gasteiger partial charge in [-0.1, -0.05) is 36.4 Å². The minimum atomic E-state index is -0.466. The van der Waals surface area contributed by atoms with E-state index in [1.165, 1.54) is 0 Å². The van der Waals surface area contributed by atoms with Crippen LogP contribution in [0.1, 0.15) is 17.5 Å². The van der Waals surface area contributed by atoms with Gasteiger partial charge in [-0.3, -0.25) is 4.79 Å². The molecule has 3 atom stereocenters. The fraction of sp³-hybridized carbons (Fsp3) is 0.333. The predicted molar refractivity (Wildman–Crippen MR) is 104 cm³/mol. The number of carbonyl (C=O) groups is 1. The molecule has 1 fully saturated rings. The van der Waals surface area contributed by atoms with Gasteiger partial charge in [-0.25, -0.2) is 0 Å². The molecule has 1 aliphatic heterocycles. The number of nitrogens with two attached hydrogens (primary N) is 1. The van der Waals surface area contributed by atoms with Crippen LogP contribution in [-0.4, -0.2) is 42.3 Å². The number of β-amino-alcohol motifs (C(OH)–C–C–N with tert-alkyl or cyclic N) is 1. The van der Waals surface area contributed by atoms with Gasteiger partial charge in [0.15, 0.2) is 0 Å². The van der Waals surface area contributed by atoms with Gasteiger partial charge >= 0.3 is 0 Å². The summed E-state index contributed by atoms with van der Waals surface area (Å²) in [6, 6.07) is 17.2. The van der Waals surface area contributed by atoms with E-state index in [0.29, 0.717) is 31.5 Å². The standard InChI is InChI=1S/C21H24N4O2/c22-11-15-3-7-17(8-4-15)16-5-1-14(2-6-16)9-18(12-23)25-21(27)20-10-19(26)13-24-20/h1-8,18-20,24,26H,9-10,12-13,23H2,(H,25,27)/t18-,19-,20-/m0/s1. The zero-order chi connectivity index (χ0) is 19.2. The lowest BCUT2D eigenvalue weighted by Gasteiger charge is -2.20. The highest BCUT2D eigenvalue weighted by Crippen LogP contribution is 2.20. The molecule has 5 N–H and O–H groups in total.